The summed E-state index contributed by atoms with van der Waals surface area (Å²) in [4.78, 5) is 14.7. The van der Waals surface area contributed by atoms with Gasteiger partial charge in [0.05, 0.1) is 5.57 Å². The number of benzene rings is 1. The van der Waals surface area contributed by atoms with Crippen LogP contribution in [-0.2, 0) is 9.68 Å². The van der Waals surface area contributed by atoms with E-state index >= 15 is 0 Å². The number of carbonyl (C=O) groups excluding carboxylic acids is 1. The Labute approximate surface area is 90.1 Å². The molecular weight excluding hydrogens is 248 g/mol. The topological polar surface area (TPSA) is 46.5 Å². The minimum absolute atomic E-state index is 0.333. The zero-order valence-electron chi connectivity index (χ0n) is 7.53. The van der Waals surface area contributed by atoms with E-state index < -0.39 is 5.97 Å². The predicted octanol–water partition coefficient (Wildman–Crippen LogP) is 2.87. The van der Waals surface area contributed by atoms with E-state index in [4.69, 9.17) is 5.26 Å². The van der Waals surface area contributed by atoms with Crippen molar-refractivity contribution in [2.45, 2.75) is 6.92 Å². The van der Waals surface area contributed by atoms with Gasteiger partial charge in [-0.3, -0.25) is 4.89 Å². The Hall–Kier alpha value is -1.13. The first-order valence-corrected chi connectivity index (χ1v) is 4.76. The van der Waals surface area contributed by atoms with Crippen LogP contribution in [0.2, 0.25) is 0 Å². The molecule has 0 aliphatic heterocycles. The third-order valence-corrected chi connectivity index (χ3v) is 2.28. The molecule has 0 bridgehead atoms. The Morgan fingerprint density at radius 2 is 2.00 bits per heavy atom. The second-order valence-electron chi connectivity index (χ2n) is 2.59. The van der Waals surface area contributed by atoms with E-state index in [0.29, 0.717) is 11.1 Å². The average Bonchev–Trinajstić information content (AvgIpc) is 2.21. The van der Waals surface area contributed by atoms with Gasteiger partial charge in [-0.25, -0.2) is 4.79 Å². The highest BCUT2D eigenvalue weighted by molar-refractivity contribution is 9.10. The molecule has 0 aliphatic rings. The molecule has 0 saturated carbocycles. The highest BCUT2D eigenvalue weighted by Crippen LogP contribution is 2.18. The minimum atomic E-state index is -0.755. The van der Waals surface area contributed by atoms with Crippen LogP contribution in [0, 0.1) is 0 Å². The molecule has 1 aromatic carbocycles. The Bertz CT molecular complexity index is 354. The molecule has 74 valence electrons. The van der Waals surface area contributed by atoms with Crippen molar-refractivity contribution in [2.75, 3.05) is 0 Å². The van der Waals surface area contributed by atoms with E-state index in [9.17, 15) is 4.79 Å². The van der Waals surface area contributed by atoms with Gasteiger partial charge in [0.15, 0.2) is 0 Å². The second kappa shape index (κ2) is 4.93. The van der Waals surface area contributed by atoms with Crippen molar-refractivity contribution in [1.29, 1.82) is 0 Å². The lowest BCUT2D eigenvalue weighted by Crippen LogP contribution is -2.03. The van der Waals surface area contributed by atoms with Gasteiger partial charge < -0.3 is 0 Å². The van der Waals surface area contributed by atoms with Gasteiger partial charge in [0.2, 0.25) is 0 Å². The van der Waals surface area contributed by atoms with Gasteiger partial charge in [0.1, 0.15) is 0 Å². The molecule has 14 heavy (non-hydrogen) atoms. The standard InChI is InChI=1S/C10H9BrO3/c1-2-9(10(12)14-13)7-3-5-8(11)6-4-7/h2-6,13H,1H3. The first kappa shape index (κ1) is 10.9. The van der Waals surface area contributed by atoms with Gasteiger partial charge in [-0.05, 0) is 24.6 Å². The third kappa shape index (κ3) is 2.43. The SMILES string of the molecule is CC=C(C(=O)OO)c1ccc(Br)cc1. The summed E-state index contributed by atoms with van der Waals surface area (Å²) in [7, 11) is 0. The zero-order chi connectivity index (χ0) is 10.6. The maximum Gasteiger partial charge on any atom is 0.373 e. The number of hydrogen-bond acceptors (Lipinski definition) is 3. The molecule has 3 nitrogen and oxygen atoms in total. The summed E-state index contributed by atoms with van der Waals surface area (Å²) in [5, 5.41) is 8.25. The van der Waals surface area contributed by atoms with Crippen LogP contribution in [0.3, 0.4) is 0 Å². The van der Waals surface area contributed by atoms with E-state index in [1.165, 1.54) is 0 Å². The molecule has 1 rings (SSSR count). The van der Waals surface area contributed by atoms with Crippen molar-refractivity contribution < 1.29 is 14.9 Å². The molecule has 0 radical (unpaired) electrons. The Kier molecular flexibility index (Phi) is 3.85. The predicted molar refractivity (Wildman–Crippen MR) is 56.5 cm³/mol. The fourth-order valence-electron chi connectivity index (χ4n) is 1.08. The van der Waals surface area contributed by atoms with E-state index in [2.05, 4.69) is 20.8 Å². The van der Waals surface area contributed by atoms with Gasteiger partial charge in [0, 0.05) is 4.47 Å². The molecule has 0 amide bonds. The maximum absolute atomic E-state index is 11.1. The van der Waals surface area contributed by atoms with Gasteiger partial charge in [0.25, 0.3) is 0 Å². The normalized spacial score (nSPS) is 11.2. The summed E-state index contributed by atoms with van der Waals surface area (Å²) in [6.07, 6.45) is 1.59. The highest BCUT2D eigenvalue weighted by atomic mass is 79.9. The van der Waals surface area contributed by atoms with Crippen LogP contribution in [0.1, 0.15) is 12.5 Å². The lowest BCUT2D eigenvalue weighted by molar-refractivity contribution is -0.226. The van der Waals surface area contributed by atoms with Crippen LogP contribution in [0.25, 0.3) is 5.57 Å². The number of allylic oxidation sites excluding steroid dienone is 1. The van der Waals surface area contributed by atoms with Crippen molar-refractivity contribution in [3.63, 3.8) is 0 Å². The maximum atomic E-state index is 11.1. The van der Waals surface area contributed by atoms with E-state index in [-0.39, 0.29) is 0 Å². The van der Waals surface area contributed by atoms with Gasteiger partial charge >= 0.3 is 5.97 Å². The molecule has 0 aromatic heterocycles. The van der Waals surface area contributed by atoms with Crippen LogP contribution in [-0.4, -0.2) is 11.2 Å². The Balaban J connectivity index is 3.03. The third-order valence-electron chi connectivity index (χ3n) is 1.75. The van der Waals surface area contributed by atoms with E-state index in [1.54, 1.807) is 25.1 Å². The molecule has 0 aliphatic carbocycles. The largest absolute Gasteiger partial charge is 0.373 e. The quantitative estimate of drug-likeness (QED) is 0.503. The number of hydrogen-bond donors (Lipinski definition) is 1. The number of carbonyl (C=O) groups is 1. The highest BCUT2D eigenvalue weighted by Gasteiger charge is 2.11. The van der Waals surface area contributed by atoms with Gasteiger partial charge in [-0.15, -0.1) is 0 Å². The fraction of sp³-hybridized carbons (Fsp3) is 0.100. The molecule has 0 atom stereocenters. The number of halogens is 1. The van der Waals surface area contributed by atoms with Crippen LogP contribution >= 0.6 is 15.9 Å². The summed E-state index contributed by atoms with van der Waals surface area (Å²) >= 11 is 3.29. The van der Waals surface area contributed by atoms with Crippen molar-refractivity contribution in [3.05, 3.63) is 40.4 Å². The molecule has 0 saturated heterocycles. The zero-order valence-corrected chi connectivity index (χ0v) is 9.11. The smallest absolute Gasteiger partial charge is 0.295 e. The number of rotatable bonds is 2. The van der Waals surface area contributed by atoms with Crippen LogP contribution < -0.4 is 0 Å². The summed E-state index contributed by atoms with van der Waals surface area (Å²) in [6.45, 7) is 1.70. The van der Waals surface area contributed by atoms with Crippen LogP contribution in [0.4, 0.5) is 0 Å². The lowest BCUT2D eigenvalue weighted by Gasteiger charge is -2.02. The Morgan fingerprint density at radius 1 is 1.43 bits per heavy atom. The van der Waals surface area contributed by atoms with E-state index in [1.807, 2.05) is 12.1 Å². The molecule has 1 aromatic rings. The van der Waals surface area contributed by atoms with E-state index in [0.717, 1.165) is 4.47 Å². The molecule has 1 N–H and O–H groups in total. The van der Waals surface area contributed by atoms with Crippen molar-refractivity contribution in [3.8, 4) is 0 Å². The summed E-state index contributed by atoms with van der Waals surface area (Å²) in [5.74, 6) is -0.755. The summed E-state index contributed by atoms with van der Waals surface area (Å²) < 4.78 is 0.925. The minimum Gasteiger partial charge on any atom is -0.295 e. The summed E-state index contributed by atoms with van der Waals surface area (Å²) in [5.41, 5.74) is 1.04. The Morgan fingerprint density at radius 3 is 2.43 bits per heavy atom. The molecule has 4 heteroatoms. The fourth-order valence-corrected chi connectivity index (χ4v) is 1.35. The van der Waals surface area contributed by atoms with Crippen molar-refractivity contribution >= 4 is 27.5 Å². The lowest BCUT2D eigenvalue weighted by atomic mass is 10.1. The molecular formula is C10H9BrO3. The van der Waals surface area contributed by atoms with Crippen molar-refractivity contribution in [2.24, 2.45) is 0 Å². The average molecular weight is 257 g/mol. The molecule has 0 fully saturated rings. The first-order valence-electron chi connectivity index (χ1n) is 3.97. The summed E-state index contributed by atoms with van der Waals surface area (Å²) in [6, 6.07) is 7.14. The van der Waals surface area contributed by atoms with Gasteiger partial charge in [-0.1, -0.05) is 34.1 Å². The van der Waals surface area contributed by atoms with Crippen molar-refractivity contribution in [1.82, 2.24) is 0 Å². The second-order valence-corrected chi connectivity index (χ2v) is 3.50. The molecule has 0 unspecified atom stereocenters. The van der Waals surface area contributed by atoms with Crippen LogP contribution in [0.15, 0.2) is 34.8 Å². The molecule has 0 spiro atoms. The van der Waals surface area contributed by atoms with Crippen LogP contribution in [0.5, 0.6) is 0 Å². The monoisotopic (exact) mass is 256 g/mol. The van der Waals surface area contributed by atoms with Gasteiger partial charge in [-0.2, -0.15) is 5.26 Å². The first-order chi connectivity index (χ1) is 6.69. The molecule has 0 heterocycles.